The van der Waals surface area contributed by atoms with Crippen LogP contribution in [-0.2, 0) is 0 Å². The van der Waals surface area contributed by atoms with E-state index in [1.165, 1.54) is 12.2 Å². The Hall–Kier alpha value is -1.38. The maximum absolute atomic E-state index is 11.8. The maximum atomic E-state index is 11.8. The molecule has 0 N–H and O–H groups in total. The first-order valence-electron chi connectivity index (χ1n) is 4.52. The summed E-state index contributed by atoms with van der Waals surface area (Å²) < 4.78 is 0.00376. The van der Waals surface area contributed by atoms with Gasteiger partial charge < -0.3 is 0 Å². The van der Waals surface area contributed by atoms with Crippen molar-refractivity contribution < 1.29 is 9.59 Å². The summed E-state index contributed by atoms with van der Waals surface area (Å²) in [5.41, 5.74) is 0.954. The molecule has 1 aliphatic rings. The first kappa shape index (κ1) is 11.1. The molecule has 16 heavy (non-hydrogen) atoms. The van der Waals surface area contributed by atoms with E-state index in [4.69, 9.17) is 23.2 Å². The number of benzene rings is 1. The first-order chi connectivity index (χ1) is 7.61. The van der Waals surface area contributed by atoms with Crippen LogP contribution in [0.2, 0.25) is 0 Å². The fourth-order valence-corrected chi connectivity index (χ4v) is 1.70. The lowest BCUT2D eigenvalue weighted by atomic mass is 10.1. The van der Waals surface area contributed by atoms with Crippen LogP contribution < -0.4 is 0 Å². The Kier molecular flexibility index (Phi) is 2.95. The van der Waals surface area contributed by atoms with Crippen LogP contribution in [0.25, 0.3) is 0 Å². The lowest BCUT2D eigenvalue weighted by Crippen LogP contribution is -1.99. The Morgan fingerprint density at radius 1 is 1.00 bits per heavy atom. The van der Waals surface area contributed by atoms with Crippen molar-refractivity contribution in [3.8, 4) is 0 Å². The minimum Gasteiger partial charge on any atom is -0.288 e. The summed E-state index contributed by atoms with van der Waals surface area (Å²) in [5, 5.41) is 0. The summed E-state index contributed by atoms with van der Waals surface area (Å²) in [6.45, 7) is 0. The fraction of sp³-hybridized carbons (Fsp3) is 0. The fourth-order valence-electron chi connectivity index (χ4n) is 1.57. The number of rotatable bonds is 1. The quantitative estimate of drug-likeness (QED) is 0.568. The number of hydrogen-bond acceptors (Lipinski definition) is 2. The molecule has 80 valence electrons. The summed E-state index contributed by atoms with van der Waals surface area (Å²) in [4.78, 5) is 23.6. The Labute approximate surface area is 102 Å². The van der Waals surface area contributed by atoms with E-state index in [0.717, 1.165) is 0 Å². The van der Waals surface area contributed by atoms with Crippen molar-refractivity contribution >= 4 is 34.8 Å². The van der Waals surface area contributed by atoms with E-state index >= 15 is 0 Å². The van der Waals surface area contributed by atoms with Crippen LogP contribution in [0.4, 0.5) is 0 Å². The highest BCUT2D eigenvalue weighted by molar-refractivity contribution is 6.56. The third kappa shape index (κ3) is 1.82. The van der Waals surface area contributed by atoms with E-state index in [-0.39, 0.29) is 21.6 Å². The normalized spacial score (nSPS) is 13.8. The topological polar surface area (TPSA) is 34.1 Å². The summed E-state index contributed by atoms with van der Waals surface area (Å²) in [6.07, 6.45) is 2.67. The van der Waals surface area contributed by atoms with Crippen molar-refractivity contribution in [3.63, 3.8) is 0 Å². The average Bonchev–Trinajstić information content (AvgIpc) is 2.50. The Bertz CT molecular complexity index is 501. The van der Waals surface area contributed by atoms with Crippen LogP contribution in [0.3, 0.4) is 0 Å². The molecule has 0 spiro atoms. The predicted octanol–water partition coefficient (Wildman–Crippen LogP) is 3.31. The van der Waals surface area contributed by atoms with Gasteiger partial charge in [-0.3, -0.25) is 9.59 Å². The minimum absolute atomic E-state index is 0.00376. The molecule has 0 atom stereocenters. The second-order valence-corrected chi connectivity index (χ2v) is 4.25. The van der Waals surface area contributed by atoms with Gasteiger partial charge in [-0.2, -0.15) is 0 Å². The molecule has 1 aromatic carbocycles. The molecule has 0 aromatic heterocycles. The summed E-state index contributed by atoms with van der Waals surface area (Å²) in [7, 11) is 0. The standard InChI is InChI=1S/C12H6Cl2O2/c13-10(14)6-5-9-11(15)7-3-1-2-4-8(7)12(9)16/h1-6H. The number of carbonyl (C=O) groups excluding carboxylic acids is 2. The number of ketones is 2. The number of halogens is 2. The third-order valence-corrected chi connectivity index (χ3v) is 2.53. The SMILES string of the molecule is O=C1C(=CC=C(Cl)Cl)C(=O)c2ccccc21. The van der Waals surface area contributed by atoms with E-state index in [2.05, 4.69) is 0 Å². The molecule has 0 unspecified atom stereocenters. The zero-order chi connectivity index (χ0) is 11.7. The lowest BCUT2D eigenvalue weighted by molar-refractivity contribution is 0.0989. The van der Waals surface area contributed by atoms with Gasteiger partial charge in [0.2, 0.25) is 0 Å². The van der Waals surface area contributed by atoms with Gasteiger partial charge in [0.05, 0.1) is 5.57 Å². The van der Waals surface area contributed by atoms with E-state index in [0.29, 0.717) is 11.1 Å². The molecule has 0 radical (unpaired) electrons. The molecule has 4 heteroatoms. The van der Waals surface area contributed by atoms with Gasteiger partial charge in [0, 0.05) is 11.1 Å². The number of allylic oxidation sites excluding steroid dienone is 3. The zero-order valence-electron chi connectivity index (χ0n) is 8.04. The van der Waals surface area contributed by atoms with Gasteiger partial charge in [-0.25, -0.2) is 0 Å². The number of hydrogen-bond donors (Lipinski definition) is 0. The van der Waals surface area contributed by atoms with E-state index in [1.54, 1.807) is 24.3 Å². The average molecular weight is 253 g/mol. The van der Waals surface area contributed by atoms with E-state index in [1.807, 2.05) is 0 Å². The van der Waals surface area contributed by atoms with Gasteiger partial charge >= 0.3 is 0 Å². The molecule has 0 bridgehead atoms. The van der Waals surface area contributed by atoms with E-state index < -0.39 is 0 Å². The van der Waals surface area contributed by atoms with Crippen LogP contribution in [0.1, 0.15) is 20.7 Å². The molecule has 0 aliphatic heterocycles. The second kappa shape index (κ2) is 4.24. The van der Waals surface area contributed by atoms with E-state index in [9.17, 15) is 9.59 Å². The molecule has 1 aliphatic carbocycles. The van der Waals surface area contributed by atoms with Gasteiger partial charge in [0.25, 0.3) is 0 Å². The van der Waals surface area contributed by atoms with Crippen molar-refractivity contribution in [2.45, 2.75) is 0 Å². The largest absolute Gasteiger partial charge is 0.288 e. The molecule has 0 heterocycles. The molecule has 0 saturated heterocycles. The van der Waals surface area contributed by atoms with Crippen molar-refractivity contribution in [2.75, 3.05) is 0 Å². The lowest BCUT2D eigenvalue weighted by Gasteiger charge is -1.90. The van der Waals surface area contributed by atoms with Crippen molar-refractivity contribution in [2.24, 2.45) is 0 Å². The Balaban J connectivity index is 2.51. The first-order valence-corrected chi connectivity index (χ1v) is 5.28. The maximum Gasteiger partial charge on any atom is 0.197 e. The van der Waals surface area contributed by atoms with Gasteiger partial charge in [-0.05, 0) is 12.2 Å². The smallest absolute Gasteiger partial charge is 0.197 e. The van der Waals surface area contributed by atoms with Gasteiger partial charge in [0.15, 0.2) is 11.6 Å². The molecule has 0 saturated carbocycles. The van der Waals surface area contributed by atoms with Gasteiger partial charge in [0.1, 0.15) is 4.49 Å². The van der Waals surface area contributed by atoms with Crippen LogP contribution in [-0.4, -0.2) is 11.6 Å². The monoisotopic (exact) mass is 252 g/mol. The highest BCUT2D eigenvalue weighted by Gasteiger charge is 2.31. The number of fused-ring (bicyclic) bond motifs is 1. The van der Waals surface area contributed by atoms with Crippen LogP contribution in [0.5, 0.6) is 0 Å². The third-order valence-electron chi connectivity index (χ3n) is 2.28. The number of Topliss-reactive ketones (excluding diaryl/α,β-unsaturated/α-hetero) is 2. The zero-order valence-corrected chi connectivity index (χ0v) is 9.55. The Morgan fingerprint density at radius 3 is 1.94 bits per heavy atom. The molecule has 0 fully saturated rings. The minimum atomic E-state index is -0.286. The molecule has 2 nitrogen and oxygen atoms in total. The van der Waals surface area contributed by atoms with Crippen molar-refractivity contribution in [1.82, 2.24) is 0 Å². The highest BCUT2D eigenvalue weighted by atomic mass is 35.5. The number of carbonyl (C=O) groups is 2. The molecule has 2 rings (SSSR count). The van der Waals surface area contributed by atoms with Crippen LogP contribution in [0.15, 0.2) is 46.5 Å². The predicted molar refractivity (Wildman–Crippen MR) is 63.0 cm³/mol. The van der Waals surface area contributed by atoms with Crippen LogP contribution in [0, 0.1) is 0 Å². The van der Waals surface area contributed by atoms with Crippen molar-refractivity contribution in [3.05, 3.63) is 57.6 Å². The molecular weight excluding hydrogens is 247 g/mol. The Morgan fingerprint density at radius 2 is 1.50 bits per heavy atom. The molecular formula is C12H6Cl2O2. The molecule has 1 aromatic rings. The molecule has 0 amide bonds. The van der Waals surface area contributed by atoms with Crippen LogP contribution >= 0.6 is 23.2 Å². The van der Waals surface area contributed by atoms with Crippen molar-refractivity contribution in [1.29, 1.82) is 0 Å². The second-order valence-electron chi connectivity index (χ2n) is 3.24. The highest BCUT2D eigenvalue weighted by Crippen LogP contribution is 2.26. The summed E-state index contributed by atoms with van der Waals surface area (Å²) >= 11 is 10.8. The summed E-state index contributed by atoms with van der Waals surface area (Å²) in [6, 6.07) is 6.69. The van der Waals surface area contributed by atoms with Gasteiger partial charge in [-0.15, -0.1) is 0 Å². The summed E-state index contributed by atoms with van der Waals surface area (Å²) in [5.74, 6) is -0.571. The van der Waals surface area contributed by atoms with Gasteiger partial charge in [-0.1, -0.05) is 47.5 Å².